The largest absolute Gasteiger partial charge is 0.335 e. The molecule has 0 radical (unpaired) electrons. The van der Waals surface area contributed by atoms with Crippen LogP contribution in [0.4, 0.5) is 0 Å². The van der Waals surface area contributed by atoms with E-state index in [1.807, 2.05) is 33.7 Å². The van der Waals surface area contributed by atoms with Crippen LogP contribution in [0, 0.1) is 0 Å². The van der Waals surface area contributed by atoms with E-state index in [9.17, 15) is 4.79 Å². The fraction of sp³-hybridized carbons (Fsp3) is 0.579. The Balaban J connectivity index is 1.28. The van der Waals surface area contributed by atoms with Crippen molar-refractivity contribution in [2.75, 3.05) is 26.2 Å². The monoisotopic (exact) mass is 375 g/mol. The summed E-state index contributed by atoms with van der Waals surface area (Å²) in [6, 6.07) is 3.86. The van der Waals surface area contributed by atoms with E-state index >= 15 is 0 Å². The van der Waals surface area contributed by atoms with E-state index in [2.05, 4.69) is 10.3 Å². The van der Waals surface area contributed by atoms with Crippen molar-refractivity contribution in [3.63, 3.8) is 0 Å². The normalized spacial score (nSPS) is 20.1. The zero-order valence-electron chi connectivity index (χ0n) is 14.5. The highest BCUT2D eigenvalue weighted by Crippen LogP contribution is 2.34. The minimum absolute atomic E-state index is 0.183. The van der Waals surface area contributed by atoms with E-state index in [0.717, 1.165) is 37.6 Å². The number of hydrogen-bond acceptors (Lipinski definition) is 5. The molecule has 6 heteroatoms. The van der Waals surface area contributed by atoms with E-state index in [-0.39, 0.29) is 5.91 Å². The molecule has 1 amide bonds. The van der Waals surface area contributed by atoms with Crippen LogP contribution >= 0.6 is 22.7 Å². The number of amides is 1. The first-order valence-electron chi connectivity index (χ1n) is 9.29. The smallest absolute Gasteiger partial charge is 0.264 e. The highest BCUT2D eigenvalue weighted by molar-refractivity contribution is 7.12. The summed E-state index contributed by atoms with van der Waals surface area (Å²) >= 11 is 3.38. The van der Waals surface area contributed by atoms with Crippen molar-refractivity contribution in [1.29, 1.82) is 0 Å². The van der Waals surface area contributed by atoms with Crippen LogP contribution in [0.2, 0.25) is 0 Å². The maximum absolute atomic E-state index is 12.4. The molecule has 1 saturated carbocycles. The van der Waals surface area contributed by atoms with Gasteiger partial charge in [0.2, 0.25) is 0 Å². The third kappa shape index (κ3) is 4.13. The summed E-state index contributed by atoms with van der Waals surface area (Å²) in [6.45, 7) is 4.43. The molecule has 1 aliphatic carbocycles. The molecule has 0 bridgehead atoms. The van der Waals surface area contributed by atoms with Gasteiger partial charge in [-0.1, -0.05) is 25.3 Å². The maximum atomic E-state index is 12.4. The second-order valence-corrected chi connectivity index (χ2v) is 8.90. The molecule has 1 saturated heterocycles. The van der Waals surface area contributed by atoms with Gasteiger partial charge < -0.3 is 4.90 Å². The van der Waals surface area contributed by atoms with Crippen molar-refractivity contribution in [3.8, 4) is 0 Å². The van der Waals surface area contributed by atoms with Crippen molar-refractivity contribution in [2.45, 2.75) is 44.6 Å². The van der Waals surface area contributed by atoms with Crippen LogP contribution in [0.25, 0.3) is 0 Å². The molecule has 2 aliphatic rings. The van der Waals surface area contributed by atoms with Crippen LogP contribution in [-0.4, -0.2) is 46.9 Å². The lowest BCUT2D eigenvalue weighted by Gasteiger charge is -2.34. The van der Waals surface area contributed by atoms with Gasteiger partial charge in [0.05, 0.1) is 15.6 Å². The van der Waals surface area contributed by atoms with Gasteiger partial charge in [0.25, 0.3) is 5.91 Å². The number of piperazine rings is 1. The molecule has 1 aliphatic heterocycles. The van der Waals surface area contributed by atoms with Gasteiger partial charge in [-0.3, -0.25) is 9.69 Å². The maximum Gasteiger partial charge on any atom is 0.264 e. The molecule has 0 spiro atoms. The van der Waals surface area contributed by atoms with Crippen molar-refractivity contribution in [1.82, 2.24) is 14.8 Å². The average Bonchev–Trinajstić information content (AvgIpc) is 3.35. The molecule has 2 aromatic heterocycles. The third-order valence-electron chi connectivity index (χ3n) is 5.30. The van der Waals surface area contributed by atoms with Crippen molar-refractivity contribution >= 4 is 28.6 Å². The third-order valence-corrected chi connectivity index (χ3v) is 7.21. The zero-order valence-corrected chi connectivity index (χ0v) is 16.2. The molecule has 0 atom stereocenters. The Morgan fingerprint density at radius 3 is 2.64 bits per heavy atom. The quantitative estimate of drug-likeness (QED) is 0.803. The average molecular weight is 376 g/mol. The van der Waals surface area contributed by atoms with Crippen LogP contribution in [0.3, 0.4) is 0 Å². The summed E-state index contributed by atoms with van der Waals surface area (Å²) in [6.07, 6.45) is 6.75. The van der Waals surface area contributed by atoms with Gasteiger partial charge in [0, 0.05) is 44.0 Å². The first kappa shape index (κ1) is 17.2. The van der Waals surface area contributed by atoms with Crippen molar-refractivity contribution in [3.05, 3.63) is 38.5 Å². The van der Waals surface area contributed by atoms with Crippen molar-refractivity contribution in [2.24, 2.45) is 0 Å². The fourth-order valence-corrected chi connectivity index (χ4v) is 5.50. The van der Waals surface area contributed by atoms with Gasteiger partial charge in [0.1, 0.15) is 0 Å². The Bertz CT molecular complexity index is 683. The minimum atomic E-state index is 0.183. The molecule has 0 aromatic carbocycles. The summed E-state index contributed by atoms with van der Waals surface area (Å²) < 4.78 is 0. The summed E-state index contributed by atoms with van der Waals surface area (Å²) in [5.41, 5.74) is 1.21. The molecule has 3 heterocycles. The Labute approximate surface area is 157 Å². The van der Waals surface area contributed by atoms with Crippen molar-refractivity contribution < 1.29 is 4.79 Å². The molecular weight excluding hydrogens is 350 g/mol. The number of nitrogens with zero attached hydrogens (tertiary/aromatic N) is 3. The number of aromatic nitrogens is 1. The van der Waals surface area contributed by atoms with Crippen LogP contribution in [0.5, 0.6) is 0 Å². The molecule has 4 nitrogen and oxygen atoms in total. The number of hydrogen-bond donors (Lipinski definition) is 0. The zero-order chi connectivity index (χ0) is 17.1. The summed E-state index contributed by atoms with van der Waals surface area (Å²) in [7, 11) is 0. The highest BCUT2D eigenvalue weighted by Gasteiger charge is 2.24. The number of rotatable bonds is 4. The lowest BCUT2D eigenvalue weighted by Crippen LogP contribution is -2.48. The summed E-state index contributed by atoms with van der Waals surface area (Å²) in [5, 5.41) is 5.56. The Hall–Kier alpha value is -1.24. The Kier molecular flexibility index (Phi) is 5.48. The first-order chi connectivity index (χ1) is 12.3. The number of thiophene rings is 1. The standard InChI is InChI=1S/C19H25N3OS2/c23-19(17-7-4-12-24-17)22-10-8-21(9-11-22)13-16-14-25-18(20-16)15-5-2-1-3-6-15/h4,7,12,14-15H,1-3,5-6,8-11,13H2. The molecule has 0 N–H and O–H groups in total. The molecule has 0 unspecified atom stereocenters. The van der Waals surface area contributed by atoms with Gasteiger partial charge in [-0.25, -0.2) is 4.98 Å². The van der Waals surface area contributed by atoms with Gasteiger partial charge in [-0.15, -0.1) is 22.7 Å². The number of thiazole rings is 1. The first-order valence-corrected chi connectivity index (χ1v) is 11.0. The molecule has 4 rings (SSSR count). The van der Waals surface area contributed by atoms with Gasteiger partial charge in [-0.05, 0) is 24.3 Å². The van der Waals surface area contributed by atoms with Gasteiger partial charge in [0.15, 0.2) is 0 Å². The van der Waals surface area contributed by atoms with E-state index in [1.54, 1.807) is 0 Å². The molecule has 2 aromatic rings. The topological polar surface area (TPSA) is 36.4 Å². The molecule has 2 fully saturated rings. The number of carbonyl (C=O) groups is 1. The van der Waals surface area contributed by atoms with Gasteiger partial charge in [-0.2, -0.15) is 0 Å². The Morgan fingerprint density at radius 1 is 1.12 bits per heavy atom. The molecular formula is C19H25N3OS2. The van der Waals surface area contributed by atoms with Crippen LogP contribution in [0.15, 0.2) is 22.9 Å². The van der Waals surface area contributed by atoms with E-state index in [0.29, 0.717) is 5.92 Å². The second-order valence-electron chi connectivity index (χ2n) is 7.06. The molecule has 134 valence electrons. The van der Waals surface area contributed by atoms with E-state index < -0.39 is 0 Å². The van der Waals surface area contributed by atoms with Crippen LogP contribution in [-0.2, 0) is 6.54 Å². The summed E-state index contributed by atoms with van der Waals surface area (Å²) in [4.78, 5) is 22.6. The van der Waals surface area contributed by atoms with Gasteiger partial charge >= 0.3 is 0 Å². The molecule has 25 heavy (non-hydrogen) atoms. The highest BCUT2D eigenvalue weighted by atomic mass is 32.1. The summed E-state index contributed by atoms with van der Waals surface area (Å²) in [5.74, 6) is 0.885. The predicted octanol–water partition coefficient (Wildman–Crippen LogP) is 4.21. The Morgan fingerprint density at radius 2 is 1.92 bits per heavy atom. The minimum Gasteiger partial charge on any atom is -0.335 e. The van der Waals surface area contributed by atoms with Crippen LogP contribution in [0.1, 0.15) is 58.4 Å². The van der Waals surface area contributed by atoms with E-state index in [4.69, 9.17) is 4.98 Å². The van der Waals surface area contributed by atoms with Crippen LogP contribution < -0.4 is 0 Å². The second kappa shape index (κ2) is 7.98. The SMILES string of the molecule is O=C(c1cccs1)N1CCN(Cc2csc(C3CCCCC3)n2)CC1. The predicted molar refractivity (Wildman–Crippen MR) is 103 cm³/mol. The lowest BCUT2D eigenvalue weighted by molar-refractivity contribution is 0.0632. The fourth-order valence-electron chi connectivity index (χ4n) is 3.83. The lowest BCUT2D eigenvalue weighted by atomic mass is 9.90. The van der Waals surface area contributed by atoms with E-state index in [1.165, 1.54) is 54.1 Å². The number of carbonyl (C=O) groups excluding carboxylic acids is 1.